The van der Waals surface area contributed by atoms with Gasteiger partial charge in [0.25, 0.3) is 6.01 Å². The number of aromatic carboxylic acids is 1. The number of hydrogen-bond acceptors (Lipinski definition) is 5. The van der Waals surface area contributed by atoms with Gasteiger partial charge in [-0.3, -0.25) is 4.90 Å². The lowest BCUT2D eigenvalue weighted by atomic mass is 10.2. The minimum absolute atomic E-state index is 0.217. The Morgan fingerprint density at radius 1 is 1.48 bits per heavy atom. The summed E-state index contributed by atoms with van der Waals surface area (Å²) in [7, 11) is 0. The van der Waals surface area contributed by atoms with Crippen LogP contribution in [0.2, 0.25) is 0 Å². The van der Waals surface area contributed by atoms with Crippen molar-refractivity contribution in [2.45, 2.75) is 19.9 Å². The lowest BCUT2D eigenvalue weighted by Crippen LogP contribution is -2.51. The summed E-state index contributed by atoms with van der Waals surface area (Å²) in [6.45, 7) is 8.13. The van der Waals surface area contributed by atoms with Gasteiger partial charge in [0, 0.05) is 25.7 Å². The zero-order chi connectivity index (χ0) is 15.0. The zero-order valence-corrected chi connectivity index (χ0v) is 12.2. The second-order valence-corrected chi connectivity index (χ2v) is 5.41. The Labute approximate surface area is 123 Å². The van der Waals surface area contributed by atoms with Gasteiger partial charge in [0.15, 0.2) is 5.58 Å². The van der Waals surface area contributed by atoms with Crippen molar-refractivity contribution in [1.29, 1.82) is 0 Å². The third-order valence-corrected chi connectivity index (χ3v) is 4.07. The maximum atomic E-state index is 11.0. The Morgan fingerprint density at radius 3 is 2.95 bits per heavy atom. The number of likely N-dealkylation sites (N-methyl/N-ethyl adjacent to an activating group) is 1. The molecule has 0 amide bonds. The summed E-state index contributed by atoms with van der Waals surface area (Å²) >= 11 is 0. The number of carboxylic acid groups (broad SMARTS) is 1. The number of hydrogen-bond donors (Lipinski definition) is 1. The van der Waals surface area contributed by atoms with Crippen LogP contribution in [0.25, 0.3) is 11.1 Å². The van der Waals surface area contributed by atoms with Crippen molar-refractivity contribution in [2.24, 2.45) is 0 Å². The number of carboxylic acids is 1. The molecule has 112 valence electrons. The predicted octanol–water partition coefficient (Wildman–Crippen LogP) is 2.06. The second-order valence-electron chi connectivity index (χ2n) is 5.41. The van der Waals surface area contributed by atoms with Crippen LogP contribution in [0.5, 0.6) is 0 Å². The highest BCUT2D eigenvalue weighted by Crippen LogP contribution is 2.25. The average molecular weight is 289 g/mol. The molecule has 1 saturated heterocycles. The average Bonchev–Trinajstić information content (AvgIpc) is 2.89. The molecule has 0 aliphatic carbocycles. The number of nitrogens with zero attached hydrogens (tertiary/aromatic N) is 3. The number of aromatic nitrogens is 1. The van der Waals surface area contributed by atoms with Gasteiger partial charge in [-0.25, -0.2) is 4.79 Å². The molecule has 6 nitrogen and oxygen atoms in total. The Hall–Kier alpha value is -2.08. The van der Waals surface area contributed by atoms with E-state index in [0.29, 0.717) is 23.2 Å². The van der Waals surface area contributed by atoms with Gasteiger partial charge in [0.1, 0.15) is 5.52 Å². The van der Waals surface area contributed by atoms with Crippen molar-refractivity contribution in [3.05, 3.63) is 23.8 Å². The third kappa shape index (κ3) is 2.58. The predicted molar refractivity (Wildman–Crippen MR) is 79.9 cm³/mol. The van der Waals surface area contributed by atoms with Gasteiger partial charge in [-0.2, -0.15) is 4.98 Å². The SMILES string of the molecule is CCN1CCN(c2nc3ccc(C(=O)O)cc3o2)CC1C. The van der Waals surface area contributed by atoms with Crippen LogP contribution in [0, 0.1) is 0 Å². The van der Waals surface area contributed by atoms with Crippen molar-refractivity contribution >= 4 is 23.1 Å². The Bertz CT molecular complexity index is 667. The molecule has 1 fully saturated rings. The summed E-state index contributed by atoms with van der Waals surface area (Å²) < 4.78 is 5.75. The van der Waals surface area contributed by atoms with Crippen molar-refractivity contribution in [2.75, 3.05) is 31.1 Å². The number of anilines is 1. The molecule has 1 aromatic carbocycles. The molecule has 1 aliphatic heterocycles. The number of piperazine rings is 1. The maximum Gasteiger partial charge on any atom is 0.335 e. The fourth-order valence-electron chi connectivity index (χ4n) is 2.82. The van der Waals surface area contributed by atoms with Gasteiger partial charge in [-0.05, 0) is 31.7 Å². The van der Waals surface area contributed by atoms with Crippen LogP contribution < -0.4 is 4.90 Å². The number of rotatable bonds is 3. The first-order valence-corrected chi connectivity index (χ1v) is 7.21. The van der Waals surface area contributed by atoms with E-state index in [2.05, 4.69) is 28.6 Å². The largest absolute Gasteiger partial charge is 0.478 e. The first-order valence-electron chi connectivity index (χ1n) is 7.21. The van der Waals surface area contributed by atoms with Crippen LogP contribution >= 0.6 is 0 Å². The standard InChI is InChI=1S/C15H19N3O3/c1-3-17-6-7-18(9-10(17)2)15-16-12-5-4-11(14(19)20)8-13(12)21-15/h4-5,8,10H,3,6-7,9H2,1-2H3,(H,19,20). The summed E-state index contributed by atoms with van der Waals surface area (Å²) in [5.74, 6) is -0.958. The van der Waals surface area contributed by atoms with E-state index in [-0.39, 0.29) is 5.56 Å². The molecule has 3 rings (SSSR count). The second kappa shape index (κ2) is 5.37. The van der Waals surface area contributed by atoms with Crippen molar-refractivity contribution in [1.82, 2.24) is 9.88 Å². The molecule has 0 bridgehead atoms. The van der Waals surface area contributed by atoms with Crippen molar-refractivity contribution in [3.8, 4) is 0 Å². The van der Waals surface area contributed by atoms with Gasteiger partial charge < -0.3 is 14.4 Å². The van der Waals surface area contributed by atoms with E-state index in [9.17, 15) is 4.79 Å². The molecule has 2 aromatic rings. The van der Waals surface area contributed by atoms with Crippen LogP contribution in [0.15, 0.2) is 22.6 Å². The molecular formula is C15H19N3O3. The molecule has 6 heteroatoms. The fourth-order valence-corrected chi connectivity index (χ4v) is 2.82. The van der Waals surface area contributed by atoms with Crippen LogP contribution in [-0.4, -0.2) is 53.2 Å². The maximum absolute atomic E-state index is 11.0. The van der Waals surface area contributed by atoms with Crippen LogP contribution in [-0.2, 0) is 0 Å². The van der Waals surface area contributed by atoms with E-state index in [1.54, 1.807) is 12.1 Å². The third-order valence-electron chi connectivity index (χ3n) is 4.07. The molecule has 0 saturated carbocycles. The normalized spacial score (nSPS) is 20.1. The Kier molecular flexibility index (Phi) is 3.55. The monoisotopic (exact) mass is 289 g/mol. The first kappa shape index (κ1) is 13.9. The summed E-state index contributed by atoms with van der Waals surface area (Å²) in [6.07, 6.45) is 0. The van der Waals surface area contributed by atoms with E-state index in [1.165, 1.54) is 6.07 Å². The van der Waals surface area contributed by atoms with Gasteiger partial charge >= 0.3 is 5.97 Å². The molecular weight excluding hydrogens is 270 g/mol. The minimum Gasteiger partial charge on any atom is -0.478 e. The molecule has 0 spiro atoms. The van der Waals surface area contributed by atoms with Crippen molar-refractivity contribution in [3.63, 3.8) is 0 Å². The quantitative estimate of drug-likeness (QED) is 0.932. The molecule has 21 heavy (non-hydrogen) atoms. The molecule has 2 heterocycles. The summed E-state index contributed by atoms with van der Waals surface area (Å²) in [5, 5.41) is 9.01. The Morgan fingerprint density at radius 2 is 2.29 bits per heavy atom. The summed E-state index contributed by atoms with van der Waals surface area (Å²) in [6, 6.07) is 5.80. The molecule has 1 aromatic heterocycles. The van der Waals surface area contributed by atoms with Gasteiger partial charge in [-0.15, -0.1) is 0 Å². The minimum atomic E-state index is -0.958. The smallest absolute Gasteiger partial charge is 0.335 e. The fraction of sp³-hybridized carbons (Fsp3) is 0.467. The van der Waals surface area contributed by atoms with Crippen LogP contribution in [0.3, 0.4) is 0 Å². The van der Waals surface area contributed by atoms with Crippen LogP contribution in [0.4, 0.5) is 6.01 Å². The van der Waals surface area contributed by atoms with Gasteiger partial charge in [0.05, 0.1) is 5.56 Å². The van der Waals surface area contributed by atoms with Gasteiger partial charge in [0.2, 0.25) is 0 Å². The van der Waals surface area contributed by atoms with Crippen molar-refractivity contribution < 1.29 is 14.3 Å². The number of benzene rings is 1. The highest BCUT2D eigenvalue weighted by Gasteiger charge is 2.25. The van der Waals surface area contributed by atoms with E-state index in [0.717, 1.165) is 26.2 Å². The highest BCUT2D eigenvalue weighted by atomic mass is 16.4. The Balaban J connectivity index is 1.86. The zero-order valence-electron chi connectivity index (χ0n) is 12.2. The number of carbonyl (C=O) groups is 1. The lowest BCUT2D eigenvalue weighted by Gasteiger charge is -2.38. The topological polar surface area (TPSA) is 69.8 Å². The van der Waals surface area contributed by atoms with E-state index in [1.807, 2.05) is 0 Å². The molecule has 0 radical (unpaired) electrons. The summed E-state index contributed by atoms with van der Waals surface area (Å²) in [5.41, 5.74) is 1.44. The number of oxazole rings is 1. The van der Waals surface area contributed by atoms with E-state index in [4.69, 9.17) is 9.52 Å². The highest BCUT2D eigenvalue weighted by molar-refractivity contribution is 5.92. The summed E-state index contributed by atoms with van der Waals surface area (Å²) in [4.78, 5) is 20.0. The van der Waals surface area contributed by atoms with Crippen LogP contribution in [0.1, 0.15) is 24.2 Å². The number of fused-ring (bicyclic) bond motifs is 1. The lowest BCUT2D eigenvalue weighted by molar-refractivity contribution is 0.0697. The van der Waals surface area contributed by atoms with E-state index < -0.39 is 5.97 Å². The molecule has 1 N–H and O–H groups in total. The molecule has 1 aliphatic rings. The van der Waals surface area contributed by atoms with Gasteiger partial charge in [-0.1, -0.05) is 6.92 Å². The first-order chi connectivity index (χ1) is 10.1. The molecule has 1 atom stereocenters. The van der Waals surface area contributed by atoms with E-state index >= 15 is 0 Å². The molecule has 1 unspecified atom stereocenters.